The van der Waals surface area contributed by atoms with Gasteiger partial charge in [-0.15, -0.1) is 22.7 Å². The number of carbonyl (C=O) groups excluding carboxylic acids is 2. The van der Waals surface area contributed by atoms with Crippen molar-refractivity contribution in [3.8, 4) is 21.8 Å². The highest BCUT2D eigenvalue weighted by molar-refractivity contribution is 7.20. The molecule has 41 heavy (non-hydrogen) atoms. The molecule has 1 amide bonds. The fourth-order valence-electron chi connectivity index (χ4n) is 5.29. The second-order valence-electron chi connectivity index (χ2n) is 10.1. The van der Waals surface area contributed by atoms with Crippen molar-refractivity contribution >= 4 is 49.8 Å². The molecule has 0 unspecified atom stereocenters. The molecule has 0 bridgehead atoms. The van der Waals surface area contributed by atoms with Crippen molar-refractivity contribution in [1.82, 2.24) is 9.55 Å². The van der Waals surface area contributed by atoms with Crippen LogP contribution < -0.4 is 10.9 Å². The number of rotatable bonds is 7. The predicted octanol–water partition coefficient (Wildman–Crippen LogP) is 6.86. The van der Waals surface area contributed by atoms with Gasteiger partial charge in [0.2, 0.25) is 5.91 Å². The molecule has 0 atom stereocenters. The lowest BCUT2D eigenvalue weighted by Crippen LogP contribution is -2.30. The number of anilines is 1. The van der Waals surface area contributed by atoms with E-state index >= 15 is 0 Å². The fraction of sp³-hybridized carbons (Fsp3) is 0.250. The smallest absolute Gasteiger partial charge is 0.341 e. The molecule has 0 fully saturated rings. The highest BCUT2D eigenvalue weighted by Crippen LogP contribution is 2.37. The third-order valence-electron chi connectivity index (χ3n) is 7.19. The minimum atomic E-state index is -0.508. The average molecular weight is 584 g/mol. The maximum absolute atomic E-state index is 14.1. The van der Waals surface area contributed by atoms with Crippen LogP contribution in [0, 0.1) is 6.92 Å². The van der Waals surface area contributed by atoms with E-state index in [1.54, 1.807) is 24.3 Å². The Kier molecular flexibility index (Phi) is 7.55. The summed E-state index contributed by atoms with van der Waals surface area (Å²) < 4.78 is 6.75. The quantitative estimate of drug-likeness (QED) is 0.212. The summed E-state index contributed by atoms with van der Waals surface area (Å²) in [5.41, 5.74) is 3.90. The molecule has 3 aromatic heterocycles. The molecule has 2 aromatic carbocycles. The Morgan fingerprint density at radius 3 is 2.56 bits per heavy atom. The molecular weight excluding hydrogens is 555 g/mol. The van der Waals surface area contributed by atoms with Gasteiger partial charge < -0.3 is 10.1 Å². The number of aromatic nitrogens is 2. The summed E-state index contributed by atoms with van der Waals surface area (Å²) in [5, 5.41) is 3.92. The Balaban J connectivity index is 1.41. The van der Waals surface area contributed by atoms with Crippen LogP contribution >= 0.6 is 22.7 Å². The standard InChI is InChI=1S/C32H29N3O4S2/c1-3-39-32(38)23-17-25(20-11-5-4-6-12-20)41-29(23)33-26(36)18-35-28(21-13-9-10-19(2)16-21)34-30-27(31(35)37)22-14-7-8-15-24(22)40-30/h4-6,9-13,16-17H,3,7-8,14-15,18H2,1-2H3,(H,33,36). The van der Waals surface area contributed by atoms with Gasteiger partial charge in [-0.05, 0) is 62.8 Å². The van der Waals surface area contributed by atoms with Gasteiger partial charge in [0.15, 0.2) is 0 Å². The Morgan fingerprint density at radius 1 is 1.00 bits per heavy atom. The number of nitrogens with one attached hydrogen (secondary N) is 1. The van der Waals surface area contributed by atoms with Gasteiger partial charge in [0.05, 0.1) is 17.6 Å². The number of thiophene rings is 2. The maximum Gasteiger partial charge on any atom is 0.341 e. The van der Waals surface area contributed by atoms with Crippen LogP contribution in [-0.2, 0) is 28.9 Å². The predicted molar refractivity (Wildman–Crippen MR) is 165 cm³/mol. The van der Waals surface area contributed by atoms with Crippen LogP contribution in [0.1, 0.15) is 46.1 Å². The van der Waals surface area contributed by atoms with Crippen molar-refractivity contribution in [1.29, 1.82) is 0 Å². The molecule has 0 aliphatic heterocycles. The molecule has 3 heterocycles. The number of nitrogens with zero attached hydrogens (tertiary/aromatic N) is 2. The summed E-state index contributed by atoms with van der Waals surface area (Å²) in [5.74, 6) is -0.466. The number of amides is 1. The fourth-order valence-corrected chi connectivity index (χ4v) is 7.61. The second-order valence-corrected chi connectivity index (χ2v) is 12.2. The lowest BCUT2D eigenvalue weighted by atomic mass is 9.97. The molecule has 6 rings (SSSR count). The summed E-state index contributed by atoms with van der Waals surface area (Å²) in [4.78, 5) is 48.2. The minimum Gasteiger partial charge on any atom is -0.462 e. The highest BCUT2D eigenvalue weighted by atomic mass is 32.1. The van der Waals surface area contributed by atoms with Gasteiger partial charge in [-0.3, -0.25) is 14.2 Å². The summed E-state index contributed by atoms with van der Waals surface area (Å²) in [7, 11) is 0. The summed E-state index contributed by atoms with van der Waals surface area (Å²) in [6, 6.07) is 19.2. The van der Waals surface area contributed by atoms with Crippen LogP contribution in [0.2, 0.25) is 0 Å². The van der Waals surface area contributed by atoms with Crippen molar-refractivity contribution in [2.24, 2.45) is 0 Å². The Bertz CT molecular complexity index is 1840. The van der Waals surface area contributed by atoms with Gasteiger partial charge in [0, 0.05) is 15.3 Å². The average Bonchev–Trinajstić information content (AvgIpc) is 3.57. The van der Waals surface area contributed by atoms with Gasteiger partial charge in [-0.25, -0.2) is 9.78 Å². The number of fused-ring (bicyclic) bond motifs is 3. The number of ether oxygens (including phenoxy) is 1. The summed E-state index contributed by atoms with van der Waals surface area (Å²) in [6.45, 7) is 3.70. The molecule has 9 heteroatoms. The van der Waals surface area contributed by atoms with Crippen molar-refractivity contribution in [3.63, 3.8) is 0 Å². The van der Waals surface area contributed by atoms with Crippen LogP contribution in [-0.4, -0.2) is 28.0 Å². The van der Waals surface area contributed by atoms with Crippen LogP contribution in [0.15, 0.2) is 65.5 Å². The first-order chi connectivity index (χ1) is 19.9. The highest BCUT2D eigenvalue weighted by Gasteiger charge is 2.25. The van der Waals surface area contributed by atoms with Gasteiger partial charge in [-0.1, -0.05) is 54.1 Å². The Morgan fingerprint density at radius 2 is 1.78 bits per heavy atom. The maximum atomic E-state index is 14.1. The molecule has 7 nitrogen and oxygen atoms in total. The van der Waals surface area contributed by atoms with E-state index in [1.165, 1.54) is 20.8 Å². The topological polar surface area (TPSA) is 90.3 Å². The van der Waals surface area contributed by atoms with Crippen LogP contribution in [0.4, 0.5) is 5.00 Å². The largest absolute Gasteiger partial charge is 0.462 e. The van der Waals surface area contributed by atoms with Gasteiger partial charge in [0.1, 0.15) is 22.2 Å². The van der Waals surface area contributed by atoms with Crippen molar-refractivity contribution in [2.45, 2.75) is 46.1 Å². The zero-order valence-corrected chi connectivity index (χ0v) is 24.5. The van der Waals surface area contributed by atoms with Gasteiger partial charge in [0.25, 0.3) is 5.56 Å². The van der Waals surface area contributed by atoms with Crippen molar-refractivity contribution in [2.75, 3.05) is 11.9 Å². The van der Waals surface area contributed by atoms with Crippen molar-refractivity contribution in [3.05, 3.63) is 92.6 Å². The SMILES string of the molecule is CCOC(=O)c1cc(-c2ccccc2)sc1NC(=O)Cn1c(-c2cccc(C)c2)nc2sc3c(c2c1=O)CCCC3. The first-order valence-electron chi connectivity index (χ1n) is 13.7. The lowest BCUT2D eigenvalue weighted by Gasteiger charge is -2.14. The zero-order chi connectivity index (χ0) is 28.5. The number of aryl methyl sites for hydroxylation is 3. The number of carbonyl (C=O) groups is 2. The van der Waals surface area contributed by atoms with Crippen LogP contribution in [0.5, 0.6) is 0 Å². The number of hydrogen-bond acceptors (Lipinski definition) is 7. The van der Waals surface area contributed by atoms with E-state index in [0.717, 1.165) is 57.6 Å². The molecule has 1 aliphatic carbocycles. The van der Waals surface area contributed by atoms with E-state index in [1.807, 2.05) is 61.5 Å². The van der Waals surface area contributed by atoms with Gasteiger partial charge in [-0.2, -0.15) is 0 Å². The summed E-state index contributed by atoms with van der Waals surface area (Å²) >= 11 is 2.89. The van der Waals surface area contributed by atoms with E-state index in [2.05, 4.69) is 5.32 Å². The van der Waals surface area contributed by atoms with Gasteiger partial charge >= 0.3 is 5.97 Å². The van der Waals surface area contributed by atoms with E-state index in [4.69, 9.17) is 9.72 Å². The molecule has 0 radical (unpaired) electrons. The number of esters is 1. The molecule has 0 saturated carbocycles. The van der Waals surface area contributed by atoms with Crippen molar-refractivity contribution < 1.29 is 14.3 Å². The normalized spacial score (nSPS) is 12.7. The molecule has 1 N–H and O–H groups in total. The molecule has 208 valence electrons. The minimum absolute atomic E-state index is 0.206. The first kappa shape index (κ1) is 27.1. The van der Waals surface area contributed by atoms with Crippen LogP contribution in [0.25, 0.3) is 32.0 Å². The zero-order valence-electron chi connectivity index (χ0n) is 22.9. The van der Waals surface area contributed by atoms with Crippen LogP contribution in [0.3, 0.4) is 0 Å². The number of benzene rings is 2. The van der Waals surface area contributed by atoms with E-state index < -0.39 is 11.9 Å². The van der Waals surface area contributed by atoms with E-state index in [-0.39, 0.29) is 24.3 Å². The molecule has 0 spiro atoms. The molecule has 0 saturated heterocycles. The third kappa shape index (κ3) is 5.35. The molecule has 1 aliphatic rings. The molecular formula is C32H29N3O4S2. The third-order valence-corrected chi connectivity index (χ3v) is 9.48. The first-order valence-corrected chi connectivity index (χ1v) is 15.3. The monoisotopic (exact) mass is 583 g/mol. The summed E-state index contributed by atoms with van der Waals surface area (Å²) in [6.07, 6.45) is 3.95. The van der Waals surface area contributed by atoms with E-state index in [0.29, 0.717) is 16.2 Å². The Hall–Kier alpha value is -4.08. The molecule has 5 aromatic rings. The van der Waals surface area contributed by atoms with E-state index in [9.17, 15) is 14.4 Å². The Labute approximate surface area is 245 Å². The lowest BCUT2D eigenvalue weighted by molar-refractivity contribution is -0.116. The number of hydrogen-bond donors (Lipinski definition) is 1. The second kappa shape index (κ2) is 11.4.